The number of halogens is 1. The van der Waals surface area contributed by atoms with Gasteiger partial charge >= 0.3 is 0 Å². The van der Waals surface area contributed by atoms with E-state index in [1.165, 1.54) is 24.3 Å². The second kappa shape index (κ2) is 7.88. The Morgan fingerprint density at radius 3 is 2.68 bits per heavy atom. The predicted molar refractivity (Wildman–Crippen MR) is 111 cm³/mol. The molecule has 1 N–H and O–H groups in total. The van der Waals surface area contributed by atoms with Crippen LogP contribution in [0.25, 0.3) is 5.52 Å². The topological polar surface area (TPSA) is 92.6 Å². The van der Waals surface area contributed by atoms with E-state index in [4.69, 9.17) is 9.84 Å². The van der Waals surface area contributed by atoms with Crippen LogP contribution in [0.4, 0.5) is 4.39 Å². The molecule has 5 rings (SSSR count). The summed E-state index contributed by atoms with van der Waals surface area (Å²) in [5.41, 5.74) is 0.643. The summed E-state index contributed by atoms with van der Waals surface area (Å²) in [5.74, 6) is 1.03. The molecule has 2 saturated heterocycles. The van der Waals surface area contributed by atoms with E-state index in [9.17, 15) is 14.0 Å². The highest BCUT2D eigenvalue weighted by Gasteiger charge is 2.36. The summed E-state index contributed by atoms with van der Waals surface area (Å²) < 4.78 is 20.3. The van der Waals surface area contributed by atoms with Crippen molar-refractivity contribution in [2.45, 2.75) is 31.6 Å². The van der Waals surface area contributed by atoms with E-state index in [0.717, 1.165) is 18.7 Å². The number of rotatable bonds is 3. The Kier molecular flexibility index (Phi) is 5.05. The first-order valence-corrected chi connectivity index (χ1v) is 10.6. The van der Waals surface area contributed by atoms with Crippen molar-refractivity contribution in [1.29, 1.82) is 0 Å². The molecule has 162 valence electrons. The molecular weight excluding hydrogens is 401 g/mol. The quantitative estimate of drug-likeness (QED) is 0.695. The van der Waals surface area contributed by atoms with Gasteiger partial charge in [0, 0.05) is 43.7 Å². The van der Waals surface area contributed by atoms with Gasteiger partial charge < -0.3 is 14.6 Å². The van der Waals surface area contributed by atoms with Crippen LogP contribution in [0.2, 0.25) is 0 Å². The first-order valence-electron chi connectivity index (χ1n) is 10.6. The number of benzene rings is 1. The number of imidazole rings is 1. The Bertz CT molecular complexity index is 1170. The lowest BCUT2D eigenvalue weighted by Crippen LogP contribution is -2.29. The lowest BCUT2D eigenvalue weighted by molar-refractivity contribution is 0.0786. The predicted octanol–water partition coefficient (Wildman–Crippen LogP) is 2.33. The summed E-state index contributed by atoms with van der Waals surface area (Å²) in [7, 11) is 0. The monoisotopic (exact) mass is 425 g/mol. The number of fused-ring (bicyclic) bond motifs is 1. The minimum Gasteiger partial charge on any atom is -0.381 e. The van der Waals surface area contributed by atoms with Gasteiger partial charge in [0.05, 0.1) is 6.20 Å². The largest absolute Gasteiger partial charge is 0.381 e. The highest BCUT2D eigenvalue weighted by Crippen LogP contribution is 2.31. The Balaban J connectivity index is 1.44. The molecule has 2 aromatic heterocycles. The molecule has 9 heteroatoms. The fraction of sp³-hybridized carbons (Fsp3) is 0.455. The molecule has 1 amide bonds. The highest BCUT2D eigenvalue weighted by molar-refractivity contribution is 5.94. The van der Waals surface area contributed by atoms with Crippen LogP contribution in [0.15, 0.2) is 35.3 Å². The molecule has 1 aromatic carbocycles. The Labute approximate surface area is 178 Å². The molecule has 0 aliphatic carbocycles. The molecule has 0 spiro atoms. The number of H-pyrrole nitrogens is 1. The van der Waals surface area contributed by atoms with Gasteiger partial charge in [0.25, 0.3) is 11.5 Å². The van der Waals surface area contributed by atoms with Crippen molar-refractivity contribution in [3.05, 3.63) is 63.8 Å². The molecule has 3 aromatic rings. The average Bonchev–Trinajstić information content (AvgIpc) is 3.38. The van der Waals surface area contributed by atoms with E-state index >= 15 is 0 Å². The van der Waals surface area contributed by atoms with Crippen molar-refractivity contribution < 1.29 is 13.9 Å². The number of nitrogens with one attached hydrogen (secondary N) is 1. The van der Waals surface area contributed by atoms with Crippen molar-refractivity contribution in [2.75, 3.05) is 26.3 Å². The van der Waals surface area contributed by atoms with Gasteiger partial charge in [0.1, 0.15) is 17.5 Å². The highest BCUT2D eigenvalue weighted by atomic mass is 19.1. The summed E-state index contributed by atoms with van der Waals surface area (Å²) in [6.45, 7) is 4.37. The smallest absolute Gasteiger partial charge is 0.276 e. The Morgan fingerprint density at radius 1 is 1.19 bits per heavy atom. The first-order chi connectivity index (χ1) is 15.0. The van der Waals surface area contributed by atoms with Crippen molar-refractivity contribution in [2.24, 2.45) is 5.92 Å². The molecule has 2 aliphatic heterocycles. The number of amides is 1. The van der Waals surface area contributed by atoms with Crippen molar-refractivity contribution in [3.63, 3.8) is 0 Å². The molecule has 8 nitrogen and oxygen atoms in total. The molecule has 31 heavy (non-hydrogen) atoms. The van der Waals surface area contributed by atoms with Crippen LogP contribution in [-0.4, -0.2) is 56.7 Å². The maximum absolute atomic E-state index is 13.2. The van der Waals surface area contributed by atoms with Crippen LogP contribution in [0.3, 0.4) is 0 Å². The van der Waals surface area contributed by atoms with E-state index in [-0.39, 0.29) is 35.0 Å². The van der Waals surface area contributed by atoms with Crippen LogP contribution in [0.1, 0.15) is 53.6 Å². The van der Waals surface area contributed by atoms with Gasteiger partial charge in [-0.05, 0) is 43.0 Å². The van der Waals surface area contributed by atoms with Crippen molar-refractivity contribution in [1.82, 2.24) is 24.5 Å². The van der Waals surface area contributed by atoms with E-state index in [0.29, 0.717) is 43.2 Å². The van der Waals surface area contributed by atoms with Gasteiger partial charge in [-0.2, -0.15) is 5.10 Å². The van der Waals surface area contributed by atoms with Gasteiger partial charge in [-0.15, -0.1) is 0 Å². The number of hydrogen-bond acceptors (Lipinski definition) is 5. The van der Waals surface area contributed by atoms with Gasteiger partial charge in [0.15, 0.2) is 5.52 Å². The zero-order chi connectivity index (χ0) is 21.5. The first kappa shape index (κ1) is 19.9. The summed E-state index contributed by atoms with van der Waals surface area (Å²) in [6, 6.07) is 5.56. The number of aromatic amines is 1. The van der Waals surface area contributed by atoms with Gasteiger partial charge in [0.2, 0.25) is 0 Å². The van der Waals surface area contributed by atoms with E-state index < -0.39 is 0 Å². The van der Waals surface area contributed by atoms with E-state index in [1.54, 1.807) is 15.6 Å². The third kappa shape index (κ3) is 3.63. The molecule has 2 unspecified atom stereocenters. The molecule has 0 saturated carbocycles. The van der Waals surface area contributed by atoms with Gasteiger partial charge in [-0.3, -0.25) is 9.59 Å². The van der Waals surface area contributed by atoms with Crippen molar-refractivity contribution in [3.8, 4) is 0 Å². The zero-order valence-electron chi connectivity index (χ0n) is 17.3. The lowest BCUT2D eigenvalue weighted by atomic mass is 9.97. The van der Waals surface area contributed by atoms with Crippen molar-refractivity contribution >= 4 is 11.4 Å². The molecule has 0 radical (unpaired) electrons. The molecule has 0 bridgehead atoms. The summed E-state index contributed by atoms with van der Waals surface area (Å²) in [4.78, 5) is 34.7. The van der Waals surface area contributed by atoms with Crippen LogP contribution >= 0.6 is 0 Å². The second-order valence-electron chi connectivity index (χ2n) is 8.44. The molecule has 4 heterocycles. The average molecular weight is 425 g/mol. The van der Waals surface area contributed by atoms with Crippen LogP contribution in [0, 0.1) is 11.7 Å². The number of aromatic nitrogens is 4. The van der Waals surface area contributed by atoms with E-state index in [1.807, 2.05) is 6.92 Å². The normalized spacial score (nSPS) is 22.3. The second-order valence-corrected chi connectivity index (χ2v) is 8.44. The number of hydrogen-bond donors (Lipinski definition) is 1. The fourth-order valence-electron chi connectivity index (χ4n) is 4.60. The number of ether oxygens (including phenoxy) is 1. The summed E-state index contributed by atoms with van der Waals surface area (Å²) in [6.07, 6.45) is 3.27. The third-order valence-corrected chi connectivity index (χ3v) is 6.37. The SMILES string of the molecule is CC1CN(C(=O)c2ccc(F)cc2)CC1c1nn2c(C3CCOCC3)ncc2c(=O)[nH]1. The molecular formula is C22H24FN5O3. The fourth-order valence-corrected chi connectivity index (χ4v) is 4.60. The van der Waals surface area contributed by atoms with Crippen LogP contribution in [-0.2, 0) is 4.74 Å². The van der Waals surface area contributed by atoms with Gasteiger partial charge in [-0.1, -0.05) is 6.92 Å². The minimum atomic E-state index is -0.375. The summed E-state index contributed by atoms with van der Waals surface area (Å²) >= 11 is 0. The lowest BCUT2D eigenvalue weighted by Gasteiger charge is -2.21. The Morgan fingerprint density at radius 2 is 1.94 bits per heavy atom. The summed E-state index contributed by atoms with van der Waals surface area (Å²) in [5, 5.41) is 4.75. The molecule has 2 atom stereocenters. The van der Waals surface area contributed by atoms with Crippen LogP contribution in [0.5, 0.6) is 0 Å². The standard InChI is InChI=1S/C22H24FN5O3/c1-13-11-27(22(30)15-2-4-16(23)5-3-15)12-17(13)19-25-21(29)18-10-24-20(28(18)26-19)14-6-8-31-9-7-14/h2-5,10,13-14,17H,6-9,11-12H2,1H3,(H,25,26,29). The third-order valence-electron chi connectivity index (χ3n) is 6.37. The minimum absolute atomic E-state index is 0.105. The number of likely N-dealkylation sites (tertiary alicyclic amines) is 1. The van der Waals surface area contributed by atoms with Crippen LogP contribution < -0.4 is 5.56 Å². The molecule has 2 aliphatic rings. The van der Waals surface area contributed by atoms with Gasteiger partial charge in [-0.25, -0.2) is 13.9 Å². The number of carbonyl (C=O) groups excluding carboxylic acids is 1. The Hall–Kier alpha value is -3.07. The number of nitrogens with zero attached hydrogens (tertiary/aromatic N) is 4. The number of carbonyl (C=O) groups is 1. The maximum Gasteiger partial charge on any atom is 0.276 e. The molecule has 2 fully saturated rings. The zero-order valence-corrected chi connectivity index (χ0v) is 17.3. The van der Waals surface area contributed by atoms with E-state index in [2.05, 4.69) is 9.97 Å². The maximum atomic E-state index is 13.2.